The highest BCUT2D eigenvalue weighted by atomic mass is 32.2. The maximum atomic E-state index is 12.2. The Kier molecular flexibility index (Phi) is 6.53. The predicted molar refractivity (Wildman–Crippen MR) is 105 cm³/mol. The summed E-state index contributed by atoms with van der Waals surface area (Å²) in [5.41, 5.74) is 4.43. The summed E-state index contributed by atoms with van der Waals surface area (Å²) in [7, 11) is -3.71. The zero-order chi connectivity index (χ0) is 20.9. The molecule has 0 aliphatic rings. The van der Waals surface area contributed by atoms with Gasteiger partial charge in [0.25, 0.3) is 5.91 Å². The van der Waals surface area contributed by atoms with Crippen LogP contribution in [-0.4, -0.2) is 39.3 Å². The first kappa shape index (κ1) is 21.1. The largest absolute Gasteiger partial charge is 0.545 e. The van der Waals surface area contributed by atoms with Crippen LogP contribution in [0, 0.1) is 13.8 Å². The minimum absolute atomic E-state index is 0.0753. The average molecular weight is 402 g/mol. The monoisotopic (exact) mass is 402 g/mol. The molecular formula is C19H20N3O5S-. The lowest BCUT2D eigenvalue weighted by atomic mass is 10.1. The molecule has 0 unspecified atom stereocenters. The summed E-state index contributed by atoms with van der Waals surface area (Å²) in [6.07, 6.45) is 2.17. The standard InChI is InChI=1S/C19H21N3O5S/c1-13-7-6-10-17(14(13)2)22(28(3,26)27)12-18(23)21-20-11-15-8-4-5-9-16(15)19(24)25/h4-11H,12H2,1-3H3,(H,21,23)(H,24,25)/p-1/b20-11-. The first-order chi connectivity index (χ1) is 13.1. The number of hydrogen-bond acceptors (Lipinski definition) is 6. The quantitative estimate of drug-likeness (QED) is 0.537. The number of aromatic carboxylic acids is 1. The van der Waals surface area contributed by atoms with Gasteiger partial charge in [-0.25, -0.2) is 13.8 Å². The highest BCUT2D eigenvalue weighted by Crippen LogP contribution is 2.24. The van der Waals surface area contributed by atoms with Crippen LogP contribution in [0.15, 0.2) is 47.6 Å². The second kappa shape index (κ2) is 8.66. The topological polar surface area (TPSA) is 119 Å². The molecule has 0 aliphatic heterocycles. The number of aryl methyl sites for hydroxylation is 1. The molecule has 2 aromatic carbocycles. The number of carboxylic acid groups (broad SMARTS) is 1. The van der Waals surface area contributed by atoms with Crippen molar-refractivity contribution in [3.05, 3.63) is 64.7 Å². The summed E-state index contributed by atoms with van der Waals surface area (Å²) in [6, 6.07) is 11.2. The van der Waals surface area contributed by atoms with Gasteiger partial charge in [0.2, 0.25) is 10.0 Å². The molecule has 0 heterocycles. The predicted octanol–water partition coefficient (Wildman–Crippen LogP) is 0.583. The van der Waals surface area contributed by atoms with Crippen molar-refractivity contribution in [2.24, 2.45) is 5.10 Å². The lowest BCUT2D eigenvalue weighted by Gasteiger charge is -2.23. The number of carbonyl (C=O) groups is 2. The molecule has 1 amide bonds. The molecule has 9 heteroatoms. The molecule has 2 rings (SSSR count). The first-order valence-electron chi connectivity index (χ1n) is 8.27. The molecule has 2 aromatic rings. The number of hydrazone groups is 1. The van der Waals surface area contributed by atoms with Gasteiger partial charge >= 0.3 is 0 Å². The zero-order valence-electron chi connectivity index (χ0n) is 15.7. The van der Waals surface area contributed by atoms with E-state index in [0.717, 1.165) is 27.9 Å². The fraction of sp³-hybridized carbons (Fsp3) is 0.211. The second-order valence-corrected chi connectivity index (χ2v) is 8.06. The van der Waals surface area contributed by atoms with Crippen LogP contribution < -0.4 is 14.8 Å². The van der Waals surface area contributed by atoms with Crippen LogP contribution in [0.4, 0.5) is 5.69 Å². The molecular weight excluding hydrogens is 382 g/mol. The summed E-state index contributed by atoms with van der Waals surface area (Å²) in [6.45, 7) is 3.15. The number of nitrogens with zero attached hydrogens (tertiary/aromatic N) is 2. The van der Waals surface area contributed by atoms with E-state index in [9.17, 15) is 23.1 Å². The third kappa shape index (κ3) is 5.17. The van der Waals surface area contributed by atoms with E-state index >= 15 is 0 Å². The Labute approximate surface area is 163 Å². The molecule has 1 N–H and O–H groups in total. The van der Waals surface area contributed by atoms with Gasteiger partial charge in [0, 0.05) is 11.1 Å². The van der Waals surface area contributed by atoms with E-state index in [-0.39, 0.29) is 11.1 Å². The normalized spacial score (nSPS) is 11.4. The molecule has 0 aliphatic carbocycles. The van der Waals surface area contributed by atoms with Crippen molar-refractivity contribution >= 4 is 33.8 Å². The Morgan fingerprint density at radius 1 is 1.14 bits per heavy atom. The van der Waals surface area contributed by atoms with Crippen molar-refractivity contribution in [2.45, 2.75) is 13.8 Å². The van der Waals surface area contributed by atoms with Crippen molar-refractivity contribution in [3.8, 4) is 0 Å². The fourth-order valence-electron chi connectivity index (χ4n) is 2.52. The Morgan fingerprint density at radius 3 is 2.46 bits per heavy atom. The van der Waals surface area contributed by atoms with E-state index < -0.39 is 28.4 Å². The molecule has 0 aromatic heterocycles. The number of rotatable bonds is 7. The molecule has 0 saturated carbocycles. The Balaban J connectivity index is 2.18. The summed E-state index contributed by atoms with van der Waals surface area (Å²) in [4.78, 5) is 23.3. The minimum atomic E-state index is -3.71. The highest BCUT2D eigenvalue weighted by molar-refractivity contribution is 7.92. The van der Waals surface area contributed by atoms with Gasteiger partial charge in [-0.05, 0) is 31.0 Å². The van der Waals surface area contributed by atoms with Crippen LogP contribution in [0.3, 0.4) is 0 Å². The van der Waals surface area contributed by atoms with Crippen LogP contribution in [0.5, 0.6) is 0 Å². The molecule has 28 heavy (non-hydrogen) atoms. The lowest BCUT2D eigenvalue weighted by molar-refractivity contribution is -0.255. The van der Waals surface area contributed by atoms with Crippen molar-refractivity contribution in [2.75, 3.05) is 17.1 Å². The third-order valence-corrected chi connectivity index (χ3v) is 5.23. The molecule has 0 fully saturated rings. The average Bonchev–Trinajstić information content (AvgIpc) is 2.62. The fourth-order valence-corrected chi connectivity index (χ4v) is 3.43. The molecule has 0 radical (unpaired) electrons. The smallest absolute Gasteiger partial charge is 0.260 e. The van der Waals surface area contributed by atoms with Gasteiger partial charge in [0.15, 0.2) is 0 Å². The number of carbonyl (C=O) groups excluding carboxylic acids is 2. The van der Waals surface area contributed by atoms with Gasteiger partial charge in [-0.3, -0.25) is 9.10 Å². The number of amides is 1. The number of nitrogens with one attached hydrogen (secondary N) is 1. The lowest BCUT2D eigenvalue weighted by Crippen LogP contribution is -2.39. The maximum Gasteiger partial charge on any atom is 0.260 e. The molecule has 0 bridgehead atoms. The van der Waals surface area contributed by atoms with Crippen molar-refractivity contribution < 1.29 is 23.1 Å². The van der Waals surface area contributed by atoms with Gasteiger partial charge in [-0.1, -0.05) is 36.4 Å². The number of hydrogen-bond donors (Lipinski definition) is 1. The number of carboxylic acids is 1. The molecule has 0 spiro atoms. The highest BCUT2D eigenvalue weighted by Gasteiger charge is 2.22. The molecule has 0 atom stereocenters. The molecule has 0 saturated heterocycles. The first-order valence-corrected chi connectivity index (χ1v) is 10.1. The van der Waals surface area contributed by atoms with Gasteiger partial charge in [0.1, 0.15) is 6.54 Å². The van der Waals surface area contributed by atoms with Crippen LogP contribution in [-0.2, 0) is 14.8 Å². The van der Waals surface area contributed by atoms with Crippen LogP contribution in [0.1, 0.15) is 27.0 Å². The van der Waals surface area contributed by atoms with Crippen LogP contribution >= 0.6 is 0 Å². The number of anilines is 1. The van der Waals surface area contributed by atoms with Gasteiger partial charge in [0.05, 0.1) is 24.1 Å². The Morgan fingerprint density at radius 2 is 1.82 bits per heavy atom. The van der Waals surface area contributed by atoms with E-state index in [2.05, 4.69) is 10.5 Å². The SMILES string of the molecule is Cc1cccc(N(CC(=O)N/N=C\c2ccccc2C(=O)[O-])S(C)(=O)=O)c1C. The van der Waals surface area contributed by atoms with Crippen molar-refractivity contribution in [3.63, 3.8) is 0 Å². The number of benzene rings is 2. The van der Waals surface area contributed by atoms with E-state index in [0.29, 0.717) is 5.69 Å². The van der Waals surface area contributed by atoms with E-state index in [1.807, 2.05) is 13.0 Å². The number of sulfonamides is 1. The van der Waals surface area contributed by atoms with Crippen molar-refractivity contribution in [1.29, 1.82) is 0 Å². The second-order valence-electron chi connectivity index (χ2n) is 6.16. The Hall–Kier alpha value is -3.20. The van der Waals surface area contributed by atoms with Crippen molar-refractivity contribution in [1.82, 2.24) is 5.43 Å². The molecule has 148 valence electrons. The minimum Gasteiger partial charge on any atom is -0.545 e. The zero-order valence-corrected chi connectivity index (χ0v) is 16.5. The summed E-state index contributed by atoms with van der Waals surface area (Å²) >= 11 is 0. The molecule has 8 nitrogen and oxygen atoms in total. The summed E-state index contributed by atoms with van der Waals surface area (Å²) in [5, 5.41) is 14.8. The van der Waals surface area contributed by atoms with E-state index in [1.165, 1.54) is 18.2 Å². The van der Waals surface area contributed by atoms with E-state index in [4.69, 9.17) is 0 Å². The van der Waals surface area contributed by atoms with Gasteiger partial charge < -0.3 is 9.90 Å². The maximum absolute atomic E-state index is 12.2. The van der Waals surface area contributed by atoms with Gasteiger partial charge in [-0.15, -0.1) is 0 Å². The third-order valence-electron chi connectivity index (χ3n) is 4.11. The van der Waals surface area contributed by atoms with Crippen LogP contribution in [0.2, 0.25) is 0 Å². The van der Waals surface area contributed by atoms with Crippen LogP contribution in [0.25, 0.3) is 0 Å². The Bertz CT molecular complexity index is 1030. The summed E-state index contributed by atoms with van der Waals surface area (Å²) < 4.78 is 25.4. The van der Waals surface area contributed by atoms with Gasteiger partial charge in [-0.2, -0.15) is 5.10 Å². The van der Waals surface area contributed by atoms with E-state index in [1.54, 1.807) is 25.1 Å². The summed E-state index contributed by atoms with van der Waals surface area (Å²) in [5.74, 6) is -2.04.